The number of fused-ring (bicyclic) bond motifs is 3. The molecule has 4 atom stereocenters. The minimum absolute atomic E-state index is 0.160. The summed E-state index contributed by atoms with van der Waals surface area (Å²) in [6, 6.07) is -0.0216. The zero-order valence-electron chi connectivity index (χ0n) is 12.4. The molecule has 0 saturated heterocycles. The van der Waals surface area contributed by atoms with Gasteiger partial charge < -0.3 is 15.2 Å². The Morgan fingerprint density at radius 2 is 2.09 bits per heavy atom. The smallest absolute Gasteiger partial charge is 0.321 e. The molecule has 2 heterocycles. The lowest BCUT2D eigenvalue weighted by Crippen LogP contribution is -2.45. The van der Waals surface area contributed by atoms with E-state index >= 15 is 0 Å². The molecule has 1 aromatic rings. The first kappa shape index (κ1) is 14.4. The molecule has 3 aliphatic rings. The van der Waals surface area contributed by atoms with E-state index in [2.05, 4.69) is 15.6 Å². The van der Waals surface area contributed by atoms with Crippen LogP contribution in [0.2, 0.25) is 0 Å². The molecule has 2 bridgehead atoms. The molecule has 2 amide bonds. The molecule has 22 heavy (non-hydrogen) atoms. The molecule has 0 radical (unpaired) electrons. The normalized spacial score (nSPS) is 33.3. The van der Waals surface area contributed by atoms with Crippen LogP contribution in [0.15, 0.2) is 0 Å². The molecule has 4 rings (SSSR count). The third-order valence-electron chi connectivity index (χ3n) is 5.10. The highest BCUT2D eigenvalue weighted by atomic mass is 32.1. The van der Waals surface area contributed by atoms with Crippen LogP contribution >= 0.6 is 11.3 Å². The maximum absolute atomic E-state index is 12.2. The summed E-state index contributed by atoms with van der Waals surface area (Å²) < 4.78 is 5.39. The Bertz CT molecular complexity index is 539. The summed E-state index contributed by atoms with van der Waals surface area (Å²) >= 11 is 1.49. The topological polar surface area (TPSA) is 83.5 Å². The van der Waals surface area contributed by atoms with Crippen LogP contribution in [0.25, 0.3) is 0 Å². The van der Waals surface area contributed by atoms with Gasteiger partial charge in [-0.05, 0) is 37.5 Å². The predicted octanol–water partition coefficient (Wildman–Crippen LogP) is 1.89. The van der Waals surface area contributed by atoms with Gasteiger partial charge in [-0.2, -0.15) is 0 Å². The molecule has 1 aliphatic heterocycles. The molecule has 2 saturated carbocycles. The molecule has 2 unspecified atom stereocenters. The Balaban J connectivity index is 1.34. The van der Waals surface area contributed by atoms with Crippen LogP contribution in [-0.2, 0) is 17.8 Å². The van der Waals surface area contributed by atoms with Gasteiger partial charge in [0.1, 0.15) is 0 Å². The number of urea groups is 1. The number of rotatable bonds is 2. The number of thiazole rings is 1. The SMILES string of the molecule is O=C(Nc1nc2c(s1)COCC2)NC1C[C@H]2CC[C@@H](C1)C2O. The number of aliphatic hydroxyl groups excluding tert-OH is 1. The Morgan fingerprint density at radius 3 is 2.82 bits per heavy atom. The maximum Gasteiger partial charge on any atom is 0.321 e. The number of nitrogens with zero attached hydrogens (tertiary/aromatic N) is 1. The van der Waals surface area contributed by atoms with Crippen molar-refractivity contribution in [1.82, 2.24) is 10.3 Å². The number of anilines is 1. The number of hydrogen-bond donors (Lipinski definition) is 3. The molecule has 7 heteroatoms. The van der Waals surface area contributed by atoms with Crippen molar-refractivity contribution in [3.63, 3.8) is 0 Å². The second kappa shape index (κ2) is 5.79. The van der Waals surface area contributed by atoms with Crippen LogP contribution in [0, 0.1) is 11.8 Å². The molecular formula is C15H21N3O3S. The standard InChI is InChI=1S/C15H21N3O3S/c19-13-8-1-2-9(13)6-10(5-8)16-14(20)18-15-17-11-3-4-21-7-12(11)22-15/h8-10,13,19H,1-7H2,(H2,16,17,18,20)/t8-,9+,10?,13?. The van der Waals surface area contributed by atoms with Gasteiger partial charge in [0, 0.05) is 12.5 Å². The van der Waals surface area contributed by atoms with E-state index in [1.807, 2.05) is 0 Å². The van der Waals surface area contributed by atoms with Crippen molar-refractivity contribution >= 4 is 22.5 Å². The first-order chi connectivity index (χ1) is 10.7. The van der Waals surface area contributed by atoms with Crippen LogP contribution < -0.4 is 10.6 Å². The van der Waals surface area contributed by atoms with Crippen molar-refractivity contribution in [2.45, 2.75) is 50.9 Å². The minimum Gasteiger partial charge on any atom is -0.393 e. The maximum atomic E-state index is 12.2. The summed E-state index contributed by atoms with van der Waals surface area (Å²) in [5.74, 6) is 0.710. The van der Waals surface area contributed by atoms with E-state index in [0.717, 1.165) is 42.7 Å². The van der Waals surface area contributed by atoms with E-state index in [9.17, 15) is 9.90 Å². The molecule has 0 aromatic carbocycles. The van der Waals surface area contributed by atoms with Crippen molar-refractivity contribution in [1.29, 1.82) is 0 Å². The molecule has 6 nitrogen and oxygen atoms in total. The number of nitrogens with one attached hydrogen (secondary N) is 2. The van der Waals surface area contributed by atoms with Gasteiger partial charge in [0.15, 0.2) is 5.13 Å². The molecule has 2 aliphatic carbocycles. The molecule has 120 valence electrons. The van der Waals surface area contributed by atoms with E-state index in [1.54, 1.807) is 0 Å². The van der Waals surface area contributed by atoms with Crippen molar-refractivity contribution in [3.05, 3.63) is 10.6 Å². The summed E-state index contributed by atoms with van der Waals surface area (Å²) in [6.07, 6.45) is 4.60. The van der Waals surface area contributed by atoms with Crippen LogP contribution in [0.4, 0.5) is 9.93 Å². The van der Waals surface area contributed by atoms with Gasteiger partial charge >= 0.3 is 6.03 Å². The summed E-state index contributed by atoms with van der Waals surface area (Å²) in [7, 11) is 0. The highest BCUT2D eigenvalue weighted by Gasteiger charge is 2.42. The lowest BCUT2D eigenvalue weighted by Gasteiger charge is -2.32. The quantitative estimate of drug-likeness (QED) is 0.776. The third-order valence-corrected chi connectivity index (χ3v) is 6.09. The Labute approximate surface area is 133 Å². The van der Waals surface area contributed by atoms with Gasteiger partial charge in [0.25, 0.3) is 0 Å². The van der Waals surface area contributed by atoms with Gasteiger partial charge in [-0.3, -0.25) is 5.32 Å². The van der Waals surface area contributed by atoms with Crippen LogP contribution in [0.1, 0.15) is 36.3 Å². The number of ether oxygens (including phenoxy) is 1. The zero-order chi connectivity index (χ0) is 15.1. The predicted molar refractivity (Wildman–Crippen MR) is 82.9 cm³/mol. The second-order valence-electron chi connectivity index (χ2n) is 6.55. The molecular weight excluding hydrogens is 302 g/mol. The highest BCUT2D eigenvalue weighted by Crippen LogP contribution is 2.42. The zero-order valence-corrected chi connectivity index (χ0v) is 13.2. The molecule has 0 spiro atoms. The lowest BCUT2D eigenvalue weighted by molar-refractivity contribution is 0.0491. The minimum atomic E-state index is -0.187. The van der Waals surface area contributed by atoms with Crippen LogP contribution in [-0.4, -0.2) is 34.9 Å². The fourth-order valence-corrected chi connectivity index (χ4v) is 4.95. The summed E-state index contributed by atoms with van der Waals surface area (Å²) in [4.78, 5) is 17.7. The summed E-state index contributed by atoms with van der Waals surface area (Å²) in [5, 5.41) is 16.6. The van der Waals surface area contributed by atoms with Crippen molar-refractivity contribution in [2.24, 2.45) is 11.8 Å². The Hall–Kier alpha value is -1.18. The molecule has 1 aromatic heterocycles. The highest BCUT2D eigenvalue weighted by molar-refractivity contribution is 7.15. The first-order valence-corrected chi connectivity index (χ1v) is 8.82. The van der Waals surface area contributed by atoms with Crippen LogP contribution in [0.3, 0.4) is 0 Å². The van der Waals surface area contributed by atoms with E-state index < -0.39 is 0 Å². The lowest BCUT2D eigenvalue weighted by atomic mass is 9.83. The molecule has 3 N–H and O–H groups in total. The van der Waals surface area contributed by atoms with Crippen molar-refractivity contribution in [3.8, 4) is 0 Å². The van der Waals surface area contributed by atoms with E-state index in [-0.39, 0.29) is 18.2 Å². The van der Waals surface area contributed by atoms with Gasteiger partial charge in [-0.25, -0.2) is 9.78 Å². The molecule has 2 fully saturated rings. The number of hydrogen-bond acceptors (Lipinski definition) is 5. The van der Waals surface area contributed by atoms with Gasteiger partial charge in [0.2, 0.25) is 0 Å². The Morgan fingerprint density at radius 1 is 1.32 bits per heavy atom. The number of aromatic nitrogens is 1. The number of amides is 2. The number of carbonyl (C=O) groups is 1. The van der Waals surface area contributed by atoms with Crippen molar-refractivity contribution < 1.29 is 14.6 Å². The average Bonchev–Trinajstić information content (AvgIpc) is 2.96. The average molecular weight is 323 g/mol. The van der Waals surface area contributed by atoms with E-state index in [0.29, 0.717) is 30.2 Å². The number of carbonyl (C=O) groups excluding carboxylic acids is 1. The third kappa shape index (κ3) is 2.73. The fourth-order valence-electron chi connectivity index (χ4n) is 4.01. The number of aliphatic hydroxyl groups is 1. The van der Waals surface area contributed by atoms with Crippen molar-refractivity contribution in [2.75, 3.05) is 11.9 Å². The largest absolute Gasteiger partial charge is 0.393 e. The summed E-state index contributed by atoms with van der Waals surface area (Å²) in [6.45, 7) is 1.30. The van der Waals surface area contributed by atoms with Gasteiger partial charge in [-0.15, -0.1) is 0 Å². The van der Waals surface area contributed by atoms with Gasteiger partial charge in [-0.1, -0.05) is 11.3 Å². The monoisotopic (exact) mass is 323 g/mol. The summed E-state index contributed by atoms with van der Waals surface area (Å²) in [5.41, 5.74) is 1.05. The van der Waals surface area contributed by atoms with Crippen LogP contribution in [0.5, 0.6) is 0 Å². The van der Waals surface area contributed by atoms with E-state index in [1.165, 1.54) is 11.3 Å². The first-order valence-electron chi connectivity index (χ1n) is 8.01. The van der Waals surface area contributed by atoms with E-state index in [4.69, 9.17) is 4.74 Å². The Kier molecular flexibility index (Phi) is 3.79. The van der Waals surface area contributed by atoms with Gasteiger partial charge in [0.05, 0.1) is 29.9 Å². The second-order valence-corrected chi connectivity index (χ2v) is 7.63. The fraction of sp³-hybridized carbons (Fsp3) is 0.733.